The molecule has 0 spiro atoms. The molecular weight excluding hydrogens is 184 g/mol. The molecule has 0 saturated carbocycles. The summed E-state index contributed by atoms with van der Waals surface area (Å²) in [6, 6.07) is 0. The van der Waals surface area contributed by atoms with Crippen LogP contribution in [0.3, 0.4) is 0 Å². The van der Waals surface area contributed by atoms with Crippen molar-refractivity contribution in [1.82, 2.24) is 14.8 Å². The summed E-state index contributed by atoms with van der Waals surface area (Å²) in [5.41, 5.74) is -1.08. The van der Waals surface area contributed by atoms with Gasteiger partial charge in [0.1, 0.15) is 11.2 Å². The number of carbonyl (C=O) groups excluding carboxylic acids is 2. The van der Waals surface area contributed by atoms with Crippen LogP contribution in [0.1, 0.15) is 24.5 Å². The van der Waals surface area contributed by atoms with Crippen molar-refractivity contribution in [2.24, 2.45) is 5.41 Å². The van der Waals surface area contributed by atoms with Crippen LogP contribution in [0.2, 0.25) is 0 Å². The topological polar surface area (TPSA) is 76.9 Å². The molecule has 1 aromatic rings. The molecule has 1 N–H and O–H groups in total. The Bertz CT molecular complexity index is 433. The van der Waals surface area contributed by atoms with Crippen LogP contribution in [0.15, 0.2) is 0 Å². The first-order chi connectivity index (χ1) is 6.43. The summed E-state index contributed by atoms with van der Waals surface area (Å²) in [7, 11) is 0. The average molecular weight is 194 g/mol. The van der Waals surface area contributed by atoms with Gasteiger partial charge in [-0.15, -0.1) is 5.10 Å². The zero-order chi connectivity index (χ0) is 10.5. The Morgan fingerprint density at radius 1 is 1.36 bits per heavy atom. The van der Waals surface area contributed by atoms with Gasteiger partial charge in [-0.2, -0.15) is 9.67 Å². The maximum absolute atomic E-state index is 11.8. The predicted octanol–water partition coefficient (Wildman–Crippen LogP) is 0.205. The largest absolute Gasteiger partial charge is 0.293 e. The van der Waals surface area contributed by atoms with Gasteiger partial charge in [-0.25, -0.2) is 0 Å². The molecule has 0 fully saturated rings. The minimum Gasteiger partial charge on any atom is -0.293 e. The lowest BCUT2D eigenvalue weighted by Crippen LogP contribution is -2.46. The zero-order valence-electron chi connectivity index (χ0n) is 8.16. The van der Waals surface area contributed by atoms with E-state index >= 15 is 0 Å². The standard InChI is InChI=1S/C8H10N4O2/c1-4-9-7-10-5(13)8(2,3)6(14)12(7)11-4/h1-3H3,(H,9,10,11,13). The number of aryl methyl sites for hydroxylation is 1. The van der Waals surface area contributed by atoms with E-state index in [4.69, 9.17) is 0 Å². The fraction of sp³-hybridized carbons (Fsp3) is 0.500. The molecule has 6 heteroatoms. The van der Waals surface area contributed by atoms with Crippen molar-refractivity contribution < 1.29 is 9.59 Å². The summed E-state index contributed by atoms with van der Waals surface area (Å²) in [4.78, 5) is 27.2. The van der Waals surface area contributed by atoms with Crippen LogP contribution in [0.5, 0.6) is 0 Å². The number of hydrogen-bond donors (Lipinski definition) is 1. The highest BCUT2D eigenvalue weighted by molar-refractivity contribution is 6.13. The third-order valence-electron chi connectivity index (χ3n) is 2.23. The molecule has 2 rings (SSSR count). The molecule has 0 aromatic carbocycles. The maximum atomic E-state index is 11.8. The normalized spacial score (nSPS) is 19.1. The van der Waals surface area contributed by atoms with E-state index in [1.807, 2.05) is 0 Å². The molecule has 0 radical (unpaired) electrons. The number of nitrogens with zero attached hydrogens (tertiary/aromatic N) is 3. The van der Waals surface area contributed by atoms with Crippen molar-refractivity contribution in [2.45, 2.75) is 20.8 Å². The third kappa shape index (κ3) is 0.966. The molecule has 0 bridgehead atoms. The zero-order valence-corrected chi connectivity index (χ0v) is 8.16. The van der Waals surface area contributed by atoms with Crippen LogP contribution >= 0.6 is 0 Å². The summed E-state index contributed by atoms with van der Waals surface area (Å²) in [5.74, 6) is -0.0255. The summed E-state index contributed by atoms with van der Waals surface area (Å²) < 4.78 is 1.14. The number of aromatic nitrogens is 3. The molecule has 1 aliphatic rings. The van der Waals surface area contributed by atoms with Crippen molar-refractivity contribution >= 4 is 17.8 Å². The summed E-state index contributed by atoms with van der Waals surface area (Å²) in [5, 5.41) is 6.43. The quantitative estimate of drug-likeness (QED) is 0.599. The molecule has 1 aromatic heterocycles. The predicted molar refractivity (Wildman–Crippen MR) is 47.8 cm³/mol. The van der Waals surface area contributed by atoms with Crippen molar-refractivity contribution in [3.8, 4) is 0 Å². The van der Waals surface area contributed by atoms with E-state index in [1.165, 1.54) is 0 Å². The van der Waals surface area contributed by atoms with Gasteiger partial charge in [-0.05, 0) is 20.8 Å². The van der Waals surface area contributed by atoms with Crippen LogP contribution in [0.4, 0.5) is 5.95 Å². The summed E-state index contributed by atoms with van der Waals surface area (Å²) in [6.07, 6.45) is 0. The first kappa shape index (κ1) is 8.86. The maximum Gasteiger partial charge on any atom is 0.265 e. The van der Waals surface area contributed by atoms with Crippen molar-refractivity contribution in [1.29, 1.82) is 0 Å². The molecule has 2 heterocycles. The fourth-order valence-corrected chi connectivity index (χ4v) is 1.26. The second-order valence-corrected chi connectivity index (χ2v) is 3.78. The number of amides is 1. The van der Waals surface area contributed by atoms with Crippen LogP contribution < -0.4 is 5.32 Å². The van der Waals surface area contributed by atoms with E-state index in [2.05, 4.69) is 15.4 Å². The smallest absolute Gasteiger partial charge is 0.265 e. The molecule has 0 aliphatic carbocycles. The number of fused-ring (bicyclic) bond motifs is 1. The minimum atomic E-state index is -1.08. The minimum absolute atomic E-state index is 0.205. The Balaban J connectivity index is 2.60. The molecule has 0 unspecified atom stereocenters. The molecule has 6 nitrogen and oxygen atoms in total. The highest BCUT2D eigenvalue weighted by atomic mass is 16.2. The van der Waals surface area contributed by atoms with Gasteiger partial charge in [0.25, 0.3) is 5.91 Å². The van der Waals surface area contributed by atoms with Gasteiger partial charge in [-0.1, -0.05) is 0 Å². The van der Waals surface area contributed by atoms with Crippen molar-refractivity contribution in [3.63, 3.8) is 0 Å². The first-order valence-electron chi connectivity index (χ1n) is 4.23. The van der Waals surface area contributed by atoms with Gasteiger partial charge < -0.3 is 0 Å². The lowest BCUT2D eigenvalue weighted by molar-refractivity contribution is -0.122. The van der Waals surface area contributed by atoms with Gasteiger partial charge in [0, 0.05) is 0 Å². The highest BCUT2D eigenvalue weighted by Gasteiger charge is 2.43. The van der Waals surface area contributed by atoms with Gasteiger partial charge in [0.05, 0.1) is 0 Å². The van der Waals surface area contributed by atoms with E-state index in [0.717, 1.165) is 4.68 Å². The monoisotopic (exact) mass is 194 g/mol. The number of carbonyl (C=O) groups is 2. The summed E-state index contributed by atoms with van der Waals surface area (Å²) in [6.45, 7) is 4.78. The van der Waals surface area contributed by atoms with Crippen LogP contribution in [-0.2, 0) is 4.79 Å². The van der Waals surface area contributed by atoms with Gasteiger partial charge in [-0.3, -0.25) is 14.9 Å². The first-order valence-corrected chi connectivity index (χ1v) is 4.23. The average Bonchev–Trinajstić information content (AvgIpc) is 2.43. The third-order valence-corrected chi connectivity index (χ3v) is 2.23. The number of nitrogens with one attached hydrogen (secondary N) is 1. The number of anilines is 1. The Morgan fingerprint density at radius 3 is 2.64 bits per heavy atom. The van der Waals surface area contributed by atoms with Gasteiger partial charge in [0.2, 0.25) is 11.9 Å². The number of hydrogen-bond acceptors (Lipinski definition) is 4. The Kier molecular flexibility index (Phi) is 1.52. The number of rotatable bonds is 0. The van der Waals surface area contributed by atoms with Crippen LogP contribution in [-0.4, -0.2) is 26.6 Å². The lowest BCUT2D eigenvalue weighted by Gasteiger charge is -2.25. The molecule has 0 atom stereocenters. The van der Waals surface area contributed by atoms with E-state index in [1.54, 1.807) is 20.8 Å². The SMILES string of the molecule is Cc1nc2n(n1)C(=O)C(C)(C)C(=O)N2. The van der Waals surface area contributed by atoms with E-state index < -0.39 is 5.41 Å². The molecule has 14 heavy (non-hydrogen) atoms. The second-order valence-electron chi connectivity index (χ2n) is 3.78. The molecular formula is C8H10N4O2. The van der Waals surface area contributed by atoms with E-state index in [0.29, 0.717) is 5.82 Å². The highest BCUT2D eigenvalue weighted by Crippen LogP contribution is 2.26. The molecule has 1 aliphatic heterocycles. The van der Waals surface area contributed by atoms with Crippen molar-refractivity contribution in [3.05, 3.63) is 5.82 Å². The van der Waals surface area contributed by atoms with E-state index in [-0.39, 0.29) is 17.8 Å². The Labute approximate surface area is 80.3 Å². The second kappa shape index (κ2) is 2.40. The van der Waals surface area contributed by atoms with E-state index in [9.17, 15) is 9.59 Å². The Morgan fingerprint density at radius 2 is 2.00 bits per heavy atom. The molecule has 0 saturated heterocycles. The Hall–Kier alpha value is -1.72. The van der Waals surface area contributed by atoms with Crippen molar-refractivity contribution in [2.75, 3.05) is 5.32 Å². The van der Waals surface area contributed by atoms with Crippen LogP contribution in [0.25, 0.3) is 0 Å². The fourth-order valence-electron chi connectivity index (χ4n) is 1.26. The lowest BCUT2D eigenvalue weighted by atomic mass is 9.90. The van der Waals surface area contributed by atoms with Gasteiger partial charge >= 0.3 is 0 Å². The van der Waals surface area contributed by atoms with Gasteiger partial charge in [0.15, 0.2) is 0 Å². The molecule has 74 valence electrons. The molecule has 1 amide bonds. The van der Waals surface area contributed by atoms with Crippen LogP contribution in [0, 0.1) is 12.3 Å². The summed E-state index contributed by atoms with van der Waals surface area (Å²) >= 11 is 0.